The van der Waals surface area contributed by atoms with Crippen LogP contribution in [0.2, 0.25) is 0 Å². The maximum atomic E-state index is 12.1. The van der Waals surface area contributed by atoms with E-state index in [-0.39, 0.29) is 5.91 Å². The number of hydrogen-bond donors (Lipinski definition) is 2. The maximum absolute atomic E-state index is 12.1. The Labute approximate surface area is 99.0 Å². The molecule has 90 valence electrons. The largest absolute Gasteiger partial charge is 0.353 e. The highest BCUT2D eigenvalue weighted by Gasteiger charge is 2.38. The van der Waals surface area contributed by atoms with E-state index in [2.05, 4.69) is 0 Å². The van der Waals surface area contributed by atoms with Gasteiger partial charge in [-0.2, -0.15) is 0 Å². The van der Waals surface area contributed by atoms with Gasteiger partial charge in [-0.1, -0.05) is 12.1 Å². The van der Waals surface area contributed by atoms with Crippen molar-refractivity contribution < 1.29 is 9.59 Å². The predicted molar refractivity (Wildman–Crippen MR) is 64.4 cm³/mol. The van der Waals surface area contributed by atoms with Crippen molar-refractivity contribution in [1.82, 2.24) is 5.43 Å². The van der Waals surface area contributed by atoms with E-state index < -0.39 is 11.9 Å². The second kappa shape index (κ2) is 4.06. The zero-order valence-electron chi connectivity index (χ0n) is 9.68. The van der Waals surface area contributed by atoms with Crippen LogP contribution in [-0.2, 0) is 9.59 Å². The number of anilines is 2. The van der Waals surface area contributed by atoms with Crippen LogP contribution < -0.4 is 21.1 Å². The lowest BCUT2D eigenvalue weighted by atomic mass is 10.1. The van der Waals surface area contributed by atoms with Crippen LogP contribution >= 0.6 is 0 Å². The van der Waals surface area contributed by atoms with Gasteiger partial charge < -0.3 is 9.80 Å². The van der Waals surface area contributed by atoms with Crippen molar-refractivity contribution in [2.45, 2.75) is 6.04 Å². The number of amides is 2. The average Bonchev–Trinajstić information content (AvgIpc) is 2.36. The topological polar surface area (TPSA) is 78.7 Å². The molecule has 0 bridgehead atoms. The zero-order valence-corrected chi connectivity index (χ0v) is 9.68. The van der Waals surface area contributed by atoms with Gasteiger partial charge in [0.1, 0.15) is 0 Å². The summed E-state index contributed by atoms with van der Waals surface area (Å²) in [6, 6.07) is 6.48. The minimum atomic E-state index is -0.917. The fourth-order valence-electron chi connectivity index (χ4n) is 2.02. The molecule has 1 aliphatic heterocycles. The SMILES string of the molecule is CN1C(=O)C(C(=O)NN)N(C)c2ccccc21. The van der Waals surface area contributed by atoms with E-state index in [1.165, 1.54) is 4.90 Å². The van der Waals surface area contributed by atoms with Crippen LogP contribution in [0.15, 0.2) is 24.3 Å². The van der Waals surface area contributed by atoms with Gasteiger partial charge in [-0.15, -0.1) is 0 Å². The number of para-hydroxylation sites is 2. The van der Waals surface area contributed by atoms with Crippen LogP contribution in [0.25, 0.3) is 0 Å². The van der Waals surface area contributed by atoms with Gasteiger partial charge in [0.15, 0.2) is 6.04 Å². The molecule has 0 aromatic heterocycles. The van der Waals surface area contributed by atoms with Crippen molar-refractivity contribution >= 4 is 23.2 Å². The Kier molecular flexibility index (Phi) is 2.72. The van der Waals surface area contributed by atoms with E-state index in [0.717, 1.165) is 11.4 Å². The third kappa shape index (κ3) is 1.62. The molecule has 0 aliphatic carbocycles. The Bertz CT molecular complexity index is 474. The maximum Gasteiger partial charge on any atom is 0.266 e. The molecule has 1 heterocycles. The standard InChI is InChI=1S/C11H14N4O2/c1-14-7-5-3-4-6-8(7)15(2)11(17)9(14)10(16)13-12/h3-6,9H,12H2,1-2H3,(H,13,16). The molecule has 1 aromatic rings. The summed E-state index contributed by atoms with van der Waals surface area (Å²) in [4.78, 5) is 26.8. The summed E-state index contributed by atoms with van der Waals surface area (Å²) in [5.74, 6) is 4.28. The fourth-order valence-corrected chi connectivity index (χ4v) is 2.02. The first-order valence-electron chi connectivity index (χ1n) is 5.18. The van der Waals surface area contributed by atoms with Crippen LogP contribution in [0.1, 0.15) is 0 Å². The van der Waals surface area contributed by atoms with Gasteiger partial charge in [-0.05, 0) is 12.1 Å². The highest BCUT2D eigenvalue weighted by atomic mass is 16.2. The number of nitrogens with zero attached hydrogens (tertiary/aromatic N) is 2. The van der Waals surface area contributed by atoms with Gasteiger partial charge in [0.25, 0.3) is 11.8 Å². The Morgan fingerprint density at radius 1 is 1.29 bits per heavy atom. The Morgan fingerprint density at radius 2 is 1.88 bits per heavy atom. The molecule has 6 heteroatoms. The number of nitrogens with two attached hydrogens (primary N) is 1. The zero-order chi connectivity index (χ0) is 12.6. The molecule has 2 amide bonds. The van der Waals surface area contributed by atoms with Crippen molar-refractivity contribution in [3.63, 3.8) is 0 Å². The molecule has 6 nitrogen and oxygen atoms in total. The van der Waals surface area contributed by atoms with E-state index in [1.54, 1.807) is 19.0 Å². The summed E-state index contributed by atoms with van der Waals surface area (Å²) in [6.45, 7) is 0. The quantitative estimate of drug-likeness (QED) is 0.296. The number of hydrogen-bond acceptors (Lipinski definition) is 4. The van der Waals surface area contributed by atoms with Gasteiger partial charge in [0.05, 0.1) is 11.4 Å². The molecule has 1 aliphatic rings. The average molecular weight is 234 g/mol. The smallest absolute Gasteiger partial charge is 0.266 e. The van der Waals surface area contributed by atoms with Crippen molar-refractivity contribution in [2.75, 3.05) is 23.9 Å². The molecular weight excluding hydrogens is 220 g/mol. The first-order chi connectivity index (χ1) is 8.07. The summed E-state index contributed by atoms with van der Waals surface area (Å²) in [6.07, 6.45) is 0. The third-order valence-corrected chi connectivity index (χ3v) is 2.97. The predicted octanol–water partition coefficient (Wildman–Crippen LogP) is -0.542. The minimum Gasteiger partial charge on any atom is -0.353 e. The third-order valence-electron chi connectivity index (χ3n) is 2.97. The molecule has 0 spiro atoms. The Balaban J connectivity index is 2.50. The van der Waals surface area contributed by atoms with Crippen LogP contribution in [0.3, 0.4) is 0 Å². The monoisotopic (exact) mass is 234 g/mol. The van der Waals surface area contributed by atoms with Crippen LogP contribution in [0.5, 0.6) is 0 Å². The number of benzene rings is 1. The molecule has 0 fully saturated rings. The molecule has 1 atom stereocenters. The van der Waals surface area contributed by atoms with Crippen molar-refractivity contribution in [3.05, 3.63) is 24.3 Å². The number of fused-ring (bicyclic) bond motifs is 1. The van der Waals surface area contributed by atoms with E-state index in [9.17, 15) is 9.59 Å². The van der Waals surface area contributed by atoms with Gasteiger partial charge in [-0.25, -0.2) is 5.84 Å². The van der Waals surface area contributed by atoms with E-state index in [4.69, 9.17) is 5.84 Å². The van der Waals surface area contributed by atoms with Gasteiger partial charge in [0, 0.05) is 14.1 Å². The second-order valence-electron chi connectivity index (χ2n) is 3.91. The molecule has 3 N–H and O–H groups in total. The summed E-state index contributed by atoms with van der Waals surface area (Å²) in [5.41, 5.74) is 3.62. The summed E-state index contributed by atoms with van der Waals surface area (Å²) >= 11 is 0. The molecular formula is C11H14N4O2. The van der Waals surface area contributed by atoms with Crippen LogP contribution in [0, 0.1) is 0 Å². The number of rotatable bonds is 1. The lowest BCUT2D eigenvalue weighted by molar-refractivity contribution is -0.130. The van der Waals surface area contributed by atoms with Crippen LogP contribution in [0.4, 0.5) is 11.4 Å². The van der Waals surface area contributed by atoms with E-state index in [1.807, 2.05) is 29.7 Å². The summed E-state index contributed by atoms with van der Waals surface area (Å²) < 4.78 is 0. The number of carbonyl (C=O) groups excluding carboxylic acids is 2. The van der Waals surface area contributed by atoms with Crippen molar-refractivity contribution in [2.24, 2.45) is 5.84 Å². The molecule has 1 aromatic carbocycles. The molecule has 2 rings (SSSR count). The van der Waals surface area contributed by atoms with Gasteiger partial charge in [0.2, 0.25) is 0 Å². The molecule has 1 unspecified atom stereocenters. The van der Waals surface area contributed by atoms with E-state index in [0.29, 0.717) is 0 Å². The first kappa shape index (κ1) is 11.4. The first-order valence-corrected chi connectivity index (χ1v) is 5.18. The molecule has 0 radical (unpaired) electrons. The lowest BCUT2D eigenvalue weighted by Crippen LogP contribution is -2.58. The van der Waals surface area contributed by atoms with E-state index >= 15 is 0 Å². The fraction of sp³-hybridized carbons (Fsp3) is 0.273. The summed E-state index contributed by atoms with van der Waals surface area (Å²) in [5, 5.41) is 0. The van der Waals surface area contributed by atoms with Crippen molar-refractivity contribution in [3.8, 4) is 0 Å². The number of hydrazine groups is 1. The van der Waals surface area contributed by atoms with Gasteiger partial charge in [-0.3, -0.25) is 15.0 Å². The van der Waals surface area contributed by atoms with Gasteiger partial charge >= 0.3 is 0 Å². The highest BCUT2D eigenvalue weighted by Crippen LogP contribution is 2.33. The van der Waals surface area contributed by atoms with Crippen molar-refractivity contribution in [1.29, 1.82) is 0 Å². The second-order valence-corrected chi connectivity index (χ2v) is 3.91. The lowest BCUT2D eigenvalue weighted by Gasteiger charge is -2.38. The number of carbonyl (C=O) groups is 2. The molecule has 0 saturated carbocycles. The Morgan fingerprint density at radius 3 is 2.47 bits per heavy atom. The number of likely N-dealkylation sites (N-methyl/N-ethyl adjacent to an activating group) is 2. The highest BCUT2D eigenvalue weighted by molar-refractivity contribution is 6.16. The van der Waals surface area contributed by atoms with Crippen LogP contribution in [-0.4, -0.2) is 32.0 Å². The summed E-state index contributed by atoms with van der Waals surface area (Å²) in [7, 11) is 3.34. The molecule has 17 heavy (non-hydrogen) atoms. The molecule has 0 saturated heterocycles. The Hall–Kier alpha value is -2.08. The normalized spacial score (nSPS) is 19.0. The minimum absolute atomic E-state index is 0.297. The number of nitrogens with one attached hydrogen (secondary N) is 1.